The molecule has 1 aromatic carbocycles. The number of nitrogens with one attached hydrogen (secondary N) is 1. The average Bonchev–Trinajstić information content (AvgIpc) is 2.29. The quantitative estimate of drug-likeness (QED) is 0.838. The first kappa shape index (κ1) is 15.2. The molecule has 0 heterocycles. The van der Waals surface area contributed by atoms with Crippen LogP contribution < -0.4 is 5.32 Å². The molecule has 0 saturated carbocycles. The fourth-order valence-corrected chi connectivity index (χ4v) is 1.32. The number of hydrogen-bond acceptors (Lipinski definition) is 2. The molecule has 3 nitrogen and oxygen atoms in total. The summed E-state index contributed by atoms with van der Waals surface area (Å²) in [7, 11) is 1.09. The molecule has 106 valence electrons. The molecular weight excluding hydrogens is 273 g/mol. The molecule has 0 radical (unpaired) electrons. The van der Waals surface area contributed by atoms with Crippen molar-refractivity contribution in [3.63, 3.8) is 0 Å². The minimum atomic E-state index is -5.67. The van der Waals surface area contributed by atoms with Crippen LogP contribution in [-0.4, -0.2) is 19.4 Å². The van der Waals surface area contributed by atoms with Gasteiger partial charge in [0.15, 0.2) is 0 Å². The Hall–Kier alpha value is -1.86. The first-order valence-electron chi connectivity index (χ1n) is 5.00. The molecule has 0 aliphatic heterocycles. The molecule has 1 rings (SSSR count). The number of benzene rings is 1. The number of aryl methyl sites for hydroxylation is 1. The van der Waals surface area contributed by atoms with Gasteiger partial charge in [-0.2, -0.15) is 22.0 Å². The van der Waals surface area contributed by atoms with Crippen molar-refractivity contribution < 1.29 is 31.5 Å². The molecule has 0 unspecified atom stereocenters. The van der Waals surface area contributed by atoms with Crippen LogP contribution in [0.2, 0.25) is 0 Å². The van der Waals surface area contributed by atoms with Gasteiger partial charge < -0.3 is 4.74 Å². The molecule has 0 aromatic heterocycles. The van der Waals surface area contributed by atoms with Gasteiger partial charge in [0.05, 0.1) is 7.11 Å². The van der Waals surface area contributed by atoms with Gasteiger partial charge in [0.25, 0.3) is 0 Å². The van der Waals surface area contributed by atoms with Crippen LogP contribution in [0.15, 0.2) is 18.2 Å². The number of amides is 1. The molecular formula is C11H10F5NO2. The van der Waals surface area contributed by atoms with Crippen molar-refractivity contribution in [2.45, 2.75) is 19.0 Å². The number of alkyl halides is 5. The van der Waals surface area contributed by atoms with E-state index in [1.807, 2.05) is 0 Å². The summed E-state index contributed by atoms with van der Waals surface area (Å²) in [6.07, 6.45) is -6.52. The Morgan fingerprint density at radius 1 is 1.21 bits per heavy atom. The number of rotatable bonds is 2. The summed E-state index contributed by atoms with van der Waals surface area (Å²) < 4.78 is 66.9. The molecule has 0 bridgehead atoms. The van der Waals surface area contributed by atoms with E-state index in [-0.39, 0.29) is 11.3 Å². The maximum atomic E-state index is 13.1. The second-order valence-electron chi connectivity index (χ2n) is 3.72. The lowest BCUT2D eigenvalue weighted by Crippen LogP contribution is -2.33. The van der Waals surface area contributed by atoms with E-state index in [9.17, 15) is 26.7 Å². The van der Waals surface area contributed by atoms with E-state index in [2.05, 4.69) is 10.1 Å². The molecule has 0 spiro atoms. The van der Waals surface area contributed by atoms with Gasteiger partial charge in [-0.1, -0.05) is 6.07 Å². The van der Waals surface area contributed by atoms with Gasteiger partial charge in [0.1, 0.15) is 0 Å². The Morgan fingerprint density at radius 2 is 1.79 bits per heavy atom. The largest absolute Gasteiger partial charge is 0.458 e. The standard InChI is InChI=1S/C11H10F5NO2/c1-6-5-7(10(12,13)11(14,15)16)3-4-8(6)17-9(18)19-2/h3-5H,1-2H3,(H,17,18). The zero-order chi connectivity index (χ0) is 14.8. The smallest absolute Gasteiger partial charge is 0.453 e. The predicted octanol–water partition coefficient (Wildman–Crippen LogP) is 3.83. The second kappa shape index (κ2) is 5.02. The van der Waals surface area contributed by atoms with Crippen LogP contribution in [0.5, 0.6) is 0 Å². The summed E-state index contributed by atoms with van der Waals surface area (Å²) in [6, 6.07) is 2.23. The zero-order valence-corrected chi connectivity index (χ0v) is 9.94. The monoisotopic (exact) mass is 283 g/mol. The Balaban J connectivity index is 3.10. The Labute approximate surface area is 105 Å². The normalized spacial score (nSPS) is 12.2. The summed E-state index contributed by atoms with van der Waals surface area (Å²) in [6.45, 7) is 1.29. The Morgan fingerprint density at radius 3 is 2.21 bits per heavy atom. The number of carbonyl (C=O) groups excluding carboxylic acids is 1. The van der Waals surface area contributed by atoms with Crippen molar-refractivity contribution >= 4 is 11.8 Å². The molecule has 8 heteroatoms. The van der Waals surface area contributed by atoms with E-state index >= 15 is 0 Å². The SMILES string of the molecule is COC(=O)Nc1ccc(C(F)(F)C(F)(F)F)cc1C. The highest BCUT2D eigenvalue weighted by Crippen LogP contribution is 2.44. The van der Waals surface area contributed by atoms with E-state index in [1.54, 1.807) is 0 Å². The maximum Gasteiger partial charge on any atom is 0.458 e. The lowest BCUT2D eigenvalue weighted by Gasteiger charge is -2.20. The van der Waals surface area contributed by atoms with Crippen molar-refractivity contribution in [1.29, 1.82) is 0 Å². The molecule has 0 saturated heterocycles. The van der Waals surface area contributed by atoms with Gasteiger partial charge >= 0.3 is 18.2 Å². The minimum Gasteiger partial charge on any atom is -0.453 e. The molecule has 0 aliphatic carbocycles. The number of anilines is 1. The summed E-state index contributed by atoms with van der Waals surface area (Å²) in [5, 5.41) is 2.19. The summed E-state index contributed by atoms with van der Waals surface area (Å²) in [5.74, 6) is -4.94. The summed E-state index contributed by atoms with van der Waals surface area (Å²) >= 11 is 0. The van der Waals surface area contributed by atoms with Gasteiger partial charge in [-0.05, 0) is 24.6 Å². The number of hydrogen-bond donors (Lipinski definition) is 1. The van der Waals surface area contributed by atoms with E-state index in [0.29, 0.717) is 12.1 Å². The zero-order valence-electron chi connectivity index (χ0n) is 9.94. The lowest BCUT2D eigenvalue weighted by atomic mass is 10.0. The first-order chi connectivity index (χ1) is 8.59. The van der Waals surface area contributed by atoms with Gasteiger partial charge in [0, 0.05) is 11.3 Å². The first-order valence-corrected chi connectivity index (χ1v) is 5.00. The Bertz CT molecular complexity index is 484. The second-order valence-corrected chi connectivity index (χ2v) is 3.72. The molecule has 1 N–H and O–H groups in total. The van der Waals surface area contributed by atoms with Crippen molar-refractivity contribution in [3.8, 4) is 0 Å². The highest BCUT2D eigenvalue weighted by Gasteiger charge is 2.58. The van der Waals surface area contributed by atoms with Gasteiger partial charge in [0.2, 0.25) is 0 Å². The fourth-order valence-electron chi connectivity index (χ4n) is 1.32. The minimum absolute atomic E-state index is 0.0619. The number of ether oxygens (including phenoxy) is 1. The van der Waals surface area contributed by atoms with Crippen LogP contribution in [-0.2, 0) is 10.7 Å². The lowest BCUT2D eigenvalue weighted by molar-refractivity contribution is -0.289. The molecule has 1 aromatic rings. The number of halogens is 5. The maximum absolute atomic E-state index is 13.1. The molecule has 1 amide bonds. The van der Waals surface area contributed by atoms with Crippen LogP contribution in [0.4, 0.5) is 32.4 Å². The van der Waals surface area contributed by atoms with Crippen LogP contribution >= 0.6 is 0 Å². The van der Waals surface area contributed by atoms with Gasteiger partial charge in [-0.15, -0.1) is 0 Å². The number of methoxy groups -OCH3 is 1. The van der Waals surface area contributed by atoms with Crippen molar-refractivity contribution in [2.24, 2.45) is 0 Å². The van der Waals surface area contributed by atoms with Gasteiger partial charge in [-0.25, -0.2) is 4.79 Å². The third-order valence-corrected chi connectivity index (χ3v) is 2.37. The summed E-state index contributed by atoms with van der Waals surface area (Å²) in [5.41, 5.74) is -1.03. The van der Waals surface area contributed by atoms with E-state index in [4.69, 9.17) is 0 Å². The summed E-state index contributed by atoms with van der Waals surface area (Å²) in [4.78, 5) is 10.9. The Kier molecular flexibility index (Phi) is 4.02. The van der Waals surface area contributed by atoms with Crippen molar-refractivity contribution in [3.05, 3.63) is 29.3 Å². The van der Waals surface area contributed by atoms with E-state index in [1.165, 1.54) is 6.92 Å². The van der Waals surface area contributed by atoms with Crippen molar-refractivity contribution in [2.75, 3.05) is 12.4 Å². The highest BCUT2D eigenvalue weighted by atomic mass is 19.4. The number of carbonyl (C=O) groups is 1. The molecule has 0 aliphatic rings. The van der Waals surface area contributed by atoms with Gasteiger partial charge in [-0.3, -0.25) is 5.32 Å². The van der Waals surface area contributed by atoms with Crippen LogP contribution in [0, 0.1) is 6.92 Å². The van der Waals surface area contributed by atoms with E-state index in [0.717, 1.165) is 13.2 Å². The molecule has 19 heavy (non-hydrogen) atoms. The molecule has 0 fully saturated rings. The fraction of sp³-hybridized carbons (Fsp3) is 0.364. The third kappa shape index (κ3) is 3.12. The predicted molar refractivity (Wildman–Crippen MR) is 57.2 cm³/mol. The van der Waals surface area contributed by atoms with Crippen LogP contribution in [0.1, 0.15) is 11.1 Å². The van der Waals surface area contributed by atoms with Crippen LogP contribution in [0.25, 0.3) is 0 Å². The third-order valence-electron chi connectivity index (χ3n) is 2.37. The molecule has 0 atom stereocenters. The van der Waals surface area contributed by atoms with Crippen molar-refractivity contribution in [1.82, 2.24) is 0 Å². The van der Waals surface area contributed by atoms with Crippen LogP contribution in [0.3, 0.4) is 0 Å². The highest BCUT2D eigenvalue weighted by molar-refractivity contribution is 5.85. The van der Waals surface area contributed by atoms with E-state index < -0.39 is 23.8 Å². The average molecular weight is 283 g/mol. The topological polar surface area (TPSA) is 38.3 Å².